The van der Waals surface area contributed by atoms with Gasteiger partial charge in [-0.2, -0.15) is 0 Å². The maximum atomic E-state index is 7.46. The zero-order valence-electron chi connectivity index (χ0n) is 39.0. The predicted octanol–water partition coefficient (Wildman–Crippen LogP) is 18.4. The Kier molecular flexibility index (Phi) is 11.2. The molecule has 0 fully saturated rings. The second-order valence-electron chi connectivity index (χ2n) is 17.5. The van der Waals surface area contributed by atoms with Crippen LogP contribution in [0.3, 0.4) is 0 Å². The summed E-state index contributed by atoms with van der Waals surface area (Å²) in [4.78, 5) is 0. The van der Waals surface area contributed by atoms with E-state index in [0.29, 0.717) is 11.5 Å². The van der Waals surface area contributed by atoms with Crippen molar-refractivity contribution in [3.63, 3.8) is 0 Å². The first kappa shape index (κ1) is 43.1. The average molecular weight is 907 g/mol. The first-order valence-electron chi connectivity index (χ1n) is 22.2. The van der Waals surface area contributed by atoms with Crippen molar-refractivity contribution in [2.45, 2.75) is 55.4 Å². The van der Waals surface area contributed by atoms with Crippen LogP contribution in [0.25, 0.3) is 87.9 Å². The fourth-order valence-corrected chi connectivity index (χ4v) is 13.4. The molecule has 10 aromatic rings. The predicted molar refractivity (Wildman–Crippen MR) is 276 cm³/mol. The highest BCUT2D eigenvalue weighted by atomic mass is 31.1. The minimum Gasteiger partial charge on any atom is -0.496 e. The van der Waals surface area contributed by atoms with Gasteiger partial charge in [0.1, 0.15) is 33.8 Å². The highest BCUT2D eigenvalue weighted by Crippen LogP contribution is 2.62. The van der Waals surface area contributed by atoms with Crippen LogP contribution < -0.4 is 9.47 Å². The van der Waals surface area contributed by atoms with E-state index < -0.39 is 16.0 Å². The molecule has 2 heterocycles. The molecule has 330 valence electrons. The third-order valence-corrected chi connectivity index (χ3v) is 15.5. The van der Waals surface area contributed by atoms with Crippen LogP contribution in [0.2, 0.25) is 0 Å². The molecule has 0 N–H and O–H groups in total. The molecule has 0 radical (unpaired) electrons. The number of methoxy groups -OCH3 is 2. The van der Waals surface area contributed by atoms with Gasteiger partial charge in [-0.25, -0.2) is 0 Å². The van der Waals surface area contributed by atoms with Crippen molar-refractivity contribution in [1.82, 2.24) is 0 Å². The lowest BCUT2D eigenvalue weighted by molar-refractivity contribution is 0.410. The molecule has 0 spiro atoms. The van der Waals surface area contributed by atoms with E-state index in [1.807, 2.05) is 24.3 Å². The molecule has 10 rings (SSSR count). The van der Waals surface area contributed by atoms with Gasteiger partial charge in [0.05, 0.1) is 24.8 Å². The number of fused-ring (bicyclic) bond motifs is 6. The lowest BCUT2D eigenvalue weighted by atomic mass is 9.94. The van der Waals surface area contributed by atoms with Crippen LogP contribution in [0, 0.1) is 55.4 Å². The Morgan fingerprint density at radius 2 is 0.636 bits per heavy atom. The average Bonchev–Trinajstić information content (AvgIpc) is 3.57. The van der Waals surface area contributed by atoms with Crippen molar-refractivity contribution in [2.24, 2.45) is 0 Å². The Morgan fingerprint density at radius 1 is 0.348 bits per heavy atom. The van der Waals surface area contributed by atoms with Crippen molar-refractivity contribution in [2.75, 3.05) is 14.2 Å². The highest BCUT2D eigenvalue weighted by Gasteiger charge is 2.31. The lowest BCUT2D eigenvalue weighted by Crippen LogP contribution is -1.97. The maximum Gasteiger partial charge on any atom is 0.254 e. The van der Waals surface area contributed by atoms with E-state index in [0.717, 1.165) is 132 Å². The van der Waals surface area contributed by atoms with Crippen LogP contribution in [-0.4, -0.2) is 14.2 Å². The summed E-state index contributed by atoms with van der Waals surface area (Å²) < 4.78 is 42.9. The van der Waals surface area contributed by atoms with Crippen LogP contribution in [0.4, 0.5) is 0 Å². The maximum absolute atomic E-state index is 7.46. The quantitative estimate of drug-likeness (QED) is 0.159. The van der Waals surface area contributed by atoms with E-state index in [1.54, 1.807) is 14.2 Å². The van der Waals surface area contributed by atoms with Gasteiger partial charge in [0, 0.05) is 43.8 Å². The summed E-state index contributed by atoms with van der Waals surface area (Å²) in [5.74, 6) is 1.25. The molecule has 0 aliphatic rings. The van der Waals surface area contributed by atoms with Crippen LogP contribution in [0.5, 0.6) is 11.5 Å². The van der Waals surface area contributed by atoms with Crippen LogP contribution in [0.15, 0.2) is 150 Å². The zero-order valence-corrected chi connectivity index (χ0v) is 40.8. The Morgan fingerprint density at radius 3 is 0.909 bits per heavy atom. The number of aryl methyl sites for hydroxylation is 8. The third-order valence-electron chi connectivity index (χ3n) is 12.5. The summed E-state index contributed by atoms with van der Waals surface area (Å²) in [5, 5.41) is 5.70. The summed E-state index contributed by atoms with van der Waals surface area (Å²) >= 11 is 0. The molecule has 0 aliphatic carbocycles. The normalized spacial score (nSPS) is 11.5. The molecular weight excluding hydrogens is 855 g/mol. The topological polar surface area (TPSA) is 71.0 Å². The van der Waals surface area contributed by atoms with E-state index >= 15 is 0 Å². The molecule has 0 saturated carbocycles. The highest BCUT2D eigenvalue weighted by molar-refractivity contribution is 7.47. The summed E-state index contributed by atoms with van der Waals surface area (Å²) in [6.07, 6.45) is 0. The first-order chi connectivity index (χ1) is 31.9. The van der Waals surface area contributed by atoms with Gasteiger partial charge in [-0.1, -0.05) is 84.9 Å². The summed E-state index contributed by atoms with van der Waals surface area (Å²) in [6.45, 7) is 17.0. The van der Waals surface area contributed by atoms with Crippen LogP contribution >= 0.6 is 16.0 Å². The van der Waals surface area contributed by atoms with Crippen LogP contribution in [-0.2, 0) is 0 Å². The molecule has 0 bridgehead atoms. The standard InChI is InChI=1S/C58H52O6P2/c1-33-25-37(5)53-45(29-33)46-30-34(2)26-38(6)54(46)62-65(61-53)57-43(41-17-13-11-14-18-41)21-23-49(59-9)51(57)52-50(60-10)24-22-44(42-19-15-12-16-20-42)58(52)66-63-55-39(7)27-35(3)31-47(55)48-32-36(4)28-40(8)56(48)64-66/h11-32H,1-10H3. The Labute approximate surface area is 387 Å². The molecule has 66 heavy (non-hydrogen) atoms. The van der Waals surface area contributed by atoms with Gasteiger partial charge in [-0.15, -0.1) is 0 Å². The van der Waals surface area contributed by atoms with Gasteiger partial charge in [0.2, 0.25) is 0 Å². The van der Waals surface area contributed by atoms with Gasteiger partial charge in [0.15, 0.2) is 0 Å². The molecule has 8 heteroatoms. The van der Waals surface area contributed by atoms with Crippen molar-refractivity contribution >= 4 is 59.9 Å². The Bertz CT molecular complexity index is 3260. The SMILES string of the molecule is COc1ccc(-c2ccccc2)c(-p2oc3c(C)cc(C)cc3c3cc(C)cc(C)c3o2)c1-c1c(OC)ccc(-c2ccccc2)c1-p1oc2c(C)cc(C)cc2c2cc(C)cc(C)c2o1. The third kappa shape index (κ3) is 7.49. The van der Waals surface area contributed by atoms with E-state index in [4.69, 9.17) is 26.3 Å². The smallest absolute Gasteiger partial charge is 0.254 e. The molecule has 0 saturated heterocycles. The van der Waals surface area contributed by atoms with Crippen molar-refractivity contribution in [1.29, 1.82) is 0 Å². The Balaban J connectivity index is 1.47. The van der Waals surface area contributed by atoms with Gasteiger partial charge in [-0.05, 0) is 160 Å². The molecule has 0 amide bonds. The van der Waals surface area contributed by atoms with Gasteiger partial charge < -0.3 is 26.3 Å². The van der Waals surface area contributed by atoms with Crippen LogP contribution in [0.1, 0.15) is 44.5 Å². The minimum absolute atomic E-state index is 0.624. The molecule has 0 unspecified atom stereocenters. The number of hydrogen-bond donors (Lipinski definition) is 0. The lowest BCUT2D eigenvalue weighted by Gasteiger charge is -2.22. The molecule has 8 aromatic carbocycles. The van der Waals surface area contributed by atoms with Crippen molar-refractivity contribution < 1.29 is 26.3 Å². The van der Waals surface area contributed by atoms with Gasteiger partial charge in [0.25, 0.3) is 16.0 Å². The summed E-state index contributed by atoms with van der Waals surface area (Å²) in [5.41, 5.74) is 17.3. The fraction of sp³-hybridized carbons (Fsp3) is 0.172. The first-order valence-corrected chi connectivity index (χ1v) is 24.6. The van der Waals surface area contributed by atoms with E-state index in [-0.39, 0.29) is 0 Å². The summed E-state index contributed by atoms with van der Waals surface area (Å²) in [7, 11) is -0.474. The molecular formula is C58H52O6P2. The number of benzene rings is 8. The van der Waals surface area contributed by atoms with Gasteiger partial charge >= 0.3 is 0 Å². The fourth-order valence-electron chi connectivity index (χ4n) is 9.70. The molecule has 0 aliphatic heterocycles. The number of hydrogen-bond acceptors (Lipinski definition) is 6. The second kappa shape index (κ2) is 17.2. The molecule has 6 nitrogen and oxygen atoms in total. The Hall–Kier alpha value is -6.84. The zero-order chi connectivity index (χ0) is 46.0. The monoisotopic (exact) mass is 906 g/mol. The van der Waals surface area contributed by atoms with Crippen molar-refractivity contribution in [3.05, 3.63) is 178 Å². The van der Waals surface area contributed by atoms with E-state index in [1.165, 1.54) is 0 Å². The second-order valence-corrected chi connectivity index (χ2v) is 20.2. The molecule has 2 aromatic heterocycles. The summed E-state index contributed by atoms with van der Waals surface area (Å²) in [6, 6.07) is 46.8. The number of rotatable bonds is 7. The molecule has 0 atom stereocenters. The van der Waals surface area contributed by atoms with E-state index in [9.17, 15) is 0 Å². The number of ether oxygens (including phenoxy) is 2. The van der Waals surface area contributed by atoms with Crippen molar-refractivity contribution in [3.8, 4) is 55.5 Å². The minimum atomic E-state index is -1.96. The van der Waals surface area contributed by atoms with E-state index in [2.05, 4.69) is 165 Å². The largest absolute Gasteiger partial charge is 0.496 e. The van der Waals surface area contributed by atoms with Gasteiger partial charge in [-0.3, -0.25) is 0 Å².